The molecule has 0 spiro atoms. The molecule has 1 aliphatic rings. The molecule has 0 bridgehead atoms. The number of benzene rings is 3. The van der Waals surface area contributed by atoms with E-state index in [0.29, 0.717) is 28.3 Å². The molecule has 2 N–H and O–H groups in total. The van der Waals surface area contributed by atoms with E-state index in [4.69, 9.17) is 4.74 Å². The first kappa shape index (κ1) is 23.8. The average Bonchev–Trinajstić information content (AvgIpc) is 3.35. The topological polar surface area (TPSA) is 96.4 Å². The molecular formula is C28H23FN4O4. The molecule has 1 aliphatic heterocycles. The SMILES string of the molecule is COc1ccccc1-c1[nH]n(-c2ccc(C)cc2)c(=O)c1C=C1NC(=O)N(Cc2cccc(F)c2)C1=O. The van der Waals surface area contributed by atoms with Gasteiger partial charge in [-0.25, -0.2) is 13.9 Å². The number of amides is 3. The van der Waals surface area contributed by atoms with Crippen LogP contribution in [0.25, 0.3) is 23.0 Å². The number of rotatable bonds is 6. The lowest BCUT2D eigenvalue weighted by atomic mass is 10.1. The van der Waals surface area contributed by atoms with Crippen molar-refractivity contribution < 1.29 is 18.7 Å². The first-order valence-electron chi connectivity index (χ1n) is 11.5. The van der Waals surface area contributed by atoms with Crippen LogP contribution in [0.2, 0.25) is 0 Å². The molecule has 0 saturated carbocycles. The summed E-state index contributed by atoms with van der Waals surface area (Å²) in [6.07, 6.45) is 1.36. The van der Waals surface area contributed by atoms with Crippen LogP contribution in [-0.2, 0) is 11.3 Å². The zero-order valence-corrected chi connectivity index (χ0v) is 20.1. The predicted molar refractivity (Wildman–Crippen MR) is 137 cm³/mol. The molecule has 1 fully saturated rings. The second-order valence-electron chi connectivity index (χ2n) is 8.59. The van der Waals surface area contributed by atoms with Crippen LogP contribution < -0.4 is 15.6 Å². The first-order chi connectivity index (χ1) is 17.9. The maximum Gasteiger partial charge on any atom is 0.329 e. The van der Waals surface area contributed by atoms with Crippen molar-refractivity contribution in [3.05, 3.63) is 111 Å². The zero-order valence-electron chi connectivity index (χ0n) is 20.1. The van der Waals surface area contributed by atoms with Crippen molar-refractivity contribution in [3.8, 4) is 22.7 Å². The highest BCUT2D eigenvalue weighted by atomic mass is 19.1. The van der Waals surface area contributed by atoms with Crippen molar-refractivity contribution >= 4 is 18.0 Å². The average molecular weight is 499 g/mol. The van der Waals surface area contributed by atoms with E-state index in [2.05, 4.69) is 10.4 Å². The second-order valence-corrected chi connectivity index (χ2v) is 8.59. The Morgan fingerprint density at radius 1 is 0.973 bits per heavy atom. The molecule has 3 aromatic carbocycles. The quantitative estimate of drug-likeness (QED) is 0.305. The molecule has 8 nitrogen and oxygen atoms in total. The van der Waals surface area contributed by atoms with Crippen molar-refractivity contribution in [1.29, 1.82) is 0 Å². The molecule has 5 rings (SSSR count). The van der Waals surface area contributed by atoms with Gasteiger partial charge in [0.2, 0.25) is 0 Å². The number of urea groups is 1. The summed E-state index contributed by atoms with van der Waals surface area (Å²) in [6, 6.07) is 19.5. The number of H-pyrrole nitrogens is 1. The Labute approximate surface area is 211 Å². The van der Waals surface area contributed by atoms with Crippen molar-refractivity contribution in [1.82, 2.24) is 20.0 Å². The van der Waals surface area contributed by atoms with E-state index in [0.717, 1.165) is 10.5 Å². The number of hydrogen-bond donors (Lipinski definition) is 2. The van der Waals surface area contributed by atoms with E-state index >= 15 is 0 Å². The molecule has 1 saturated heterocycles. The van der Waals surface area contributed by atoms with Crippen LogP contribution in [0.5, 0.6) is 5.75 Å². The normalized spacial score (nSPS) is 14.4. The number of para-hydroxylation sites is 1. The monoisotopic (exact) mass is 498 g/mol. The molecule has 186 valence electrons. The van der Waals surface area contributed by atoms with Gasteiger partial charge in [-0.05, 0) is 55.0 Å². The van der Waals surface area contributed by atoms with Gasteiger partial charge >= 0.3 is 6.03 Å². The van der Waals surface area contributed by atoms with Gasteiger partial charge in [-0.2, -0.15) is 0 Å². The molecule has 3 amide bonds. The van der Waals surface area contributed by atoms with Crippen molar-refractivity contribution in [2.75, 3.05) is 7.11 Å². The molecule has 1 aromatic heterocycles. The number of carbonyl (C=O) groups is 2. The third-order valence-corrected chi connectivity index (χ3v) is 6.08. The lowest BCUT2D eigenvalue weighted by Crippen LogP contribution is -2.30. The molecule has 0 unspecified atom stereocenters. The van der Waals surface area contributed by atoms with Crippen LogP contribution in [0, 0.1) is 12.7 Å². The van der Waals surface area contributed by atoms with Crippen molar-refractivity contribution in [2.24, 2.45) is 0 Å². The van der Waals surface area contributed by atoms with Gasteiger partial charge in [-0.3, -0.25) is 19.6 Å². The van der Waals surface area contributed by atoms with Gasteiger partial charge in [0.15, 0.2) is 0 Å². The molecule has 4 aromatic rings. The fraction of sp³-hybridized carbons (Fsp3) is 0.107. The van der Waals surface area contributed by atoms with Crippen LogP contribution in [0.15, 0.2) is 83.3 Å². The summed E-state index contributed by atoms with van der Waals surface area (Å²) in [5, 5.41) is 5.67. The Kier molecular flexibility index (Phi) is 6.19. The largest absolute Gasteiger partial charge is 0.496 e. The maximum atomic E-state index is 13.6. The molecule has 37 heavy (non-hydrogen) atoms. The van der Waals surface area contributed by atoms with Gasteiger partial charge in [-0.1, -0.05) is 42.0 Å². The Bertz CT molecular complexity index is 1600. The third kappa shape index (κ3) is 4.54. The predicted octanol–water partition coefficient (Wildman–Crippen LogP) is 4.38. The van der Waals surface area contributed by atoms with Crippen molar-refractivity contribution in [3.63, 3.8) is 0 Å². The van der Waals surface area contributed by atoms with Gasteiger partial charge in [0, 0.05) is 5.56 Å². The molecule has 0 aliphatic carbocycles. The van der Waals surface area contributed by atoms with Crippen LogP contribution in [0.1, 0.15) is 16.7 Å². The number of aromatic amines is 1. The Morgan fingerprint density at radius 3 is 2.46 bits per heavy atom. The molecular weight excluding hydrogens is 475 g/mol. The van der Waals surface area contributed by atoms with Crippen LogP contribution in [0.4, 0.5) is 9.18 Å². The second kappa shape index (κ2) is 9.62. The van der Waals surface area contributed by atoms with E-state index in [-0.39, 0.29) is 17.8 Å². The summed E-state index contributed by atoms with van der Waals surface area (Å²) in [5.74, 6) is -0.567. The number of nitrogens with one attached hydrogen (secondary N) is 2. The number of nitrogens with zero attached hydrogens (tertiary/aromatic N) is 2. The van der Waals surface area contributed by atoms with E-state index in [9.17, 15) is 18.8 Å². The number of methoxy groups -OCH3 is 1. The molecule has 2 heterocycles. The van der Waals surface area contributed by atoms with Gasteiger partial charge < -0.3 is 10.1 Å². The van der Waals surface area contributed by atoms with Crippen molar-refractivity contribution in [2.45, 2.75) is 13.5 Å². The molecule has 9 heteroatoms. The summed E-state index contributed by atoms with van der Waals surface area (Å²) in [5.41, 5.74) is 2.81. The number of ether oxygens (including phenoxy) is 1. The van der Waals surface area contributed by atoms with Crippen LogP contribution >= 0.6 is 0 Å². The minimum atomic E-state index is -0.659. The highest BCUT2D eigenvalue weighted by Crippen LogP contribution is 2.31. The molecule has 0 atom stereocenters. The summed E-state index contributed by atoms with van der Waals surface area (Å²) in [4.78, 5) is 40.3. The van der Waals surface area contributed by atoms with Crippen LogP contribution in [0.3, 0.4) is 0 Å². The van der Waals surface area contributed by atoms with E-state index in [1.807, 2.05) is 19.1 Å². The highest BCUT2D eigenvalue weighted by Gasteiger charge is 2.34. The summed E-state index contributed by atoms with van der Waals surface area (Å²) in [7, 11) is 1.52. The third-order valence-electron chi connectivity index (χ3n) is 6.08. The lowest BCUT2D eigenvalue weighted by Gasteiger charge is -2.11. The maximum absolute atomic E-state index is 13.6. The summed E-state index contributed by atoms with van der Waals surface area (Å²) < 4.78 is 20.5. The fourth-order valence-electron chi connectivity index (χ4n) is 4.19. The van der Waals surface area contributed by atoms with Gasteiger partial charge in [0.1, 0.15) is 17.3 Å². The number of aryl methyl sites for hydroxylation is 1. The van der Waals surface area contributed by atoms with Gasteiger partial charge in [0.25, 0.3) is 11.5 Å². The number of halogens is 1. The Hall–Kier alpha value is -4.92. The zero-order chi connectivity index (χ0) is 26.1. The van der Waals surface area contributed by atoms with Gasteiger partial charge in [-0.15, -0.1) is 0 Å². The number of hydrogen-bond acceptors (Lipinski definition) is 4. The van der Waals surface area contributed by atoms with Crippen LogP contribution in [-0.4, -0.2) is 33.7 Å². The number of carbonyl (C=O) groups excluding carboxylic acids is 2. The number of aromatic nitrogens is 2. The highest BCUT2D eigenvalue weighted by molar-refractivity contribution is 6.14. The fourth-order valence-corrected chi connectivity index (χ4v) is 4.19. The van der Waals surface area contributed by atoms with E-state index < -0.39 is 23.3 Å². The minimum absolute atomic E-state index is 0.0651. The minimum Gasteiger partial charge on any atom is -0.496 e. The Morgan fingerprint density at radius 2 is 1.73 bits per heavy atom. The molecule has 0 radical (unpaired) electrons. The Balaban J connectivity index is 1.60. The first-order valence-corrected chi connectivity index (χ1v) is 11.5. The summed E-state index contributed by atoms with van der Waals surface area (Å²) in [6.45, 7) is 1.83. The van der Waals surface area contributed by atoms with E-state index in [1.54, 1.807) is 42.5 Å². The lowest BCUT2D eigenvalue weighted by molar-refractivity contribution is -0.123. The van der Waals surface area contributed by atoms with E-state index in [1.165, 1.54) is 36.1 Å². The number of imide groups is 1. The smallest absolute Gasteiger partial charge is 0.329 e. The summed E-state index contributed by atoms with van der Waals surface area (Å²) >= 11 is 0. The van der Waals surface area contributed by atoms with Gasteiger partial charge in [0.05, 0.1) is 30.6 Å². The standard InChI is InChI=1S/C28H23FN4O4/c1-17-10-12-20(13-11-17)33-26(34)22(25(31-33)21-8-3-4-9-24(21)37-2)15-23-27(35)32(28(36)30-23)16-18-6-5-7-19(29)14-18/h3-15,31H,16H2,1-2H3,(H,30,36).